The quantitative estimate of drug-likeness (QED) is 0.893. The van der Waals surface area contributed by atoms with Gasteiger partial charge in [0.15, 0.2) is 0 Å². The summed E-state index contributed by atoms with van der Waals surface area (Å²) in [5, 5.41) is 7.21. The van der Waals surface area contributed by atoms with Gasteiger partial charge in [-0.05, 0) is 50.4 Å². The summed E-state index contributed by atoms with van der Waals surface area (Å²) in [5.41, 5.74) is 0.591. The Bertz CT molecular complexity index is 495. The molecule has 1 aliphatic rings. The molecule has 0 aromatic heterocycles. The van der Waals surface area contributed by atoms with E-state index in [1.807, 2.05) is 45.0 Å². The van der Waals surface area contributed by atoms with Crippen molar-refractivity contribution < 1.29 is 4.79 Å². The van der Waals surface area contributed by atoms with Crippen molar-refractivity contribution in [1.29, 1.82) is 0 Å². The average molecular weight is 309 g/mol. The molecule has 1 saturated heterocycles. The van der Waals surface area contributed by atoms with E-state index in [0.717, 1.165) is 31.5 Å². The molecule has 1 aromatic carbocycles. The molecule has 1 fully saturated rings. The molecular formula is C17H25ClN2O. The Balaban J connectivity index is 2.04. The maximum atomic E-state index is 12.7. The van der Waals surface area contributed by atoms with Gasteiger partial charge < -0.3 is 10.6 Å². The summed E-state index contributed by atoms with van der Waals surface area (Å²) in [6, 6.07) is 7.58. The maximum absolute atomic E-state index is 12.7. The highest BCUT2D eigenvalue weighted by atomic mass is 35.5. The van der Waals surface area contributed by atoms with Crippen LogP contribution in [0.3, 0.4) is 0 Å². The number of hydrogen-bond acceptors (Lipinski definition) is 2. The van der Waals surface area contributed by atoms with Crippen LogP contribution in [0.4, 0.5) is 0 Å². The molecule has 0 radical (unpaired) electrons. The Morgan fingerprint density at radius 2 is 2.14 bits per heavy atom. The van der Waals surface area contributed by atoms with E-state index in [-0.39, 0.29) is 17.4 Å². The molecule has 1 amide bonds. The van der Waals surface area contributed by atoms with E-state index in [9.17, 15) is 4.79 Å². The second kappa shape index (κ2) is 6.80. The lowest BCUT2D eigenvalue weighted by atomic mass is 9.74. The van der Waals surface area contributed by atoms with Crippen LogP contribution in [-0.4, -0.2) is 19.0 Å². The van der Waals surface area contributed by atoms with Crippen molar-refractivity contribution in [2.45, 2.75) is 39.7 Å². The van der Waals surface area contributed by atoms with Gasteiger partial charge in [-0.2, -0.15) is 0 Å². The minimum Gasteiger partial charge on any atom is -0.349 e. The molecule has 3 nitrogen and oxygen atoms in total. The lowest BCUT2D eigenvalue weighted by molar-refractivity contribution is -0.133. The third kappa shape index (κ3) is 3.78. The lowest BCUT2D eigenvalue weighted by Gasteiger charge is -2.36. The third-order valence-corrected chi connectivity index (χ3v) is 4.97. The molecule has 0 spiro atoms. The van der Waals surface area contributed by atoms with Crippen LogP contribution in [0.5, 0.6) is 0 Å². The second-order valence-electron chi connectivity index (χ2n) is 6.48. The summed E-state index contributed by atoms with van der Waals surface area (Å²) in [5.74, 6) is 0.480. The zero-order chi connectivity index (χ0) is 15.5. The summed E-state index contributed by atoms with van der Waals surface area (Å²) in [4.78, 5) is 12.7. The number of nitrogens with one attached hydrogen (secondary N) is 2. The molecule has 0 aliphatic carbocycles. The fourth-order valence-corrected chi connectivity index (χ4v) is 3.24. The fraction of sp³-hybridized carbons (Fsp3) is 0.588. The van der Waals surface area contributed by atoms with E-state index in [1.54, 1.807) is 0 Å². The van der Waals surface area contributed by atoms with Gasteiger partial charge in [-0.25, -0.2) is 0 Å². The van der Waals surface area contributed by atoms with Gasteiger partial charge in [-0.15, -0.1) is 0 Å². The van der Waals surface area contributed by atoms with E-state index in [1.165, 1.54) is 0 Å². The number of amides is 1. The van der Waals surface area contributed by atoms with Crippen LogP contribution in [0.1, 0.15) is 45.2 Å². The van der Waals surface area contributed by atoms with Gasteiger partial charge >= 0.3 is 0 Å². The zero-order valence-corrected chi connectivity index (χ0v) is 13.8. The predicted octanol–water partition coefficient (Wildman–Crippen LogP) is 3.54. The molecule has 2 atom stereocenters. The van der Waals surface area contributed by atoms with Crippen LogP contribution in [0.2, 0.25) is 5.02 Å². The second-order valence-corrected chi connectivity index (χ2v) is 6.89. The van der Waals surface area contributed by atoms with E-state index >= 15 is 0 Å². The molecule has 0 bridgehead atoms. The maximum Gasteiger partial charge on any atom is 0.226 e. The van der Waals surface area contributed by atoms with Crippen LogP contribution in [0.25, 0.3) is 0 Å². The third-order valence-electron chi connectivity index (χ3n) is 4.62. The SMILES string of the molecule is C[C@H](NC(=O)C(C)(C)C1CCCNC1)c1ccccc1Cl. The van der Waals surface area contributed by atoms with Crippen molar-refractivity contribution in [2.24, 2.45) is 11.3 Å². The highest BCUT2D eigenvalue weighted by molar-refractivity contribution is 6.31. The predicted molar refractivity (Wildman–Crippen MR) is 87.4 cm³/mol. The molecular weight excluding hydrogens is 284 g/mol. The summed E-state index contributed by atoms with van der Waals surface area (Å²) in [6.45, 7) is 8.04. The fourth-order valence-electron chi connectivity index (χ4n) is 2.94. The first-order chi connectivity index (χ1) is 9.93. The largest absolute Gasteiger partial charge is 0.349 e. The van der Waals surface area contributed by atoms with Crippen LogP contribution >= 0.6 is 11.6 Å². The van der Waals surface area contributed by atoms with Crippen molar-refractivity contribution in [2.75, 3.05) is 13.1 Å². The van der Waals surface area contributed by atoms with Crippen molar-refractivity contribution in [3.63, 3.8) is 0 Å². The smallest absolute Gasteiger partial charge is 0.226 e. The number of carbonyl (C=O) groups excluding carboxylic acids is 1. The van der Waals surface area contributed by atoms with Crippen molar-refractivity contribution in [1.82, 2.24) is 10.6 Å². The Kier molecular flexibility index (Phi) is 5.28. The molecule has 1 aromatic rings. The Morgan fingerprint density at radius 1 is 1.43 bits per heavy atom. The summed E-state index contributed by atoms with van der Waals surface area (Å²) in [6.07, 6.45) is 2.25. The van der Waals surface area contributed by atoms with Gasteiger partial charge in [0.05, 0.1) is 6.04 Å². The van der Waals surface area contributed by atoms with E-state index in [2.05, 4.69) is 10.6 Å². The number of rotatable bonds is 4. The number of carbonyl (C=O) groups is 1. The molecule has 116 valence electrons. The standard InChI is InChI=1S/C17H25ClN2O/c1-12(14-8-4-5-9-15(14)18)20-16(21)17(2,3)13-7-6-10-19-11-13/h4-5,8-9,12-13,19H,6-7,10-11H2,1-3H3,(H,20,21)/t12-,13?/m0/s1. The molecule has 2 rings (SSSR count). The summed E-state index contributed by atoms with van der Waals surface area (Å²) >= 11 is 6.20. The number of benzene rings is 1. The number of halogens is 1. The molecule has 2 N–H and O–H groups in total. The van der Waals surface area contributed by atoms with Crippen LogP contribution in [0.15, 0.2) is 24.3 Å². The van der Waals surface area contributed by atoms with Gasteiger partial charge in [0.1, 0.15) is 0 Å². The Hall–Kier alpha value is -1.06. The van der Waals surface area contributed by atoms with E-state index < -0.39 is 0 Å². The Labute approximate surface area is 132 Å². The van der Waals surface area contributed by atoms with Crippen LogP contribution in [0, 0.1) is 11.3 Å². The summed E-state index contributed by atoms with van der Waals surface area (Å²) < 4.78 is 0. The molecule has 1 aliphatic heterocycles. The van der Waals surface area contributed by atoms with E-state index in [4.69, 9.17) is 11.6 Å². The summed E-state index contributed by atoms with van der Waals surface area (Å²) in [7, 11) is 0. The molecule has 4 heteroatoms. The van der Waals surface area contributed by atoms with E-state index in [0.29, 0.717) is 10.9 Å². The van der Waals surface area contributed by atoms with Gasteiger partial charge in [-0.1, -0.05) is 43.6 Å². The van der Waals surface area contributed by atoms with Crippen molar-refractivity contribution in [3.05, 3.63) is 34.9 Å². The molecule has 21 heavy (non-hydrogen) atoms. The average Bonchev–Trinajstić information content (AvgIpc) is 2.48. The monoisotopic (exact) mass is 308 g/mol. The zero-order valence-electron chi connectivity index (χ0n) is 13.1. The number of piperidine rings is 1. The highest BCUT2D eigenvalue weighted by Gasteiger charge is 2.37. The topological polar surface area (TPSA) is 41.1 Å². The van der Waals surface area contributed by atoms with Crippen molar-refractivity contribution in [3.8, 4) is 0 Å². The van der Waals surface area contributed by atoms with Gasteiger partial charge in [0.2, 0.25) is 5.91 Å². The first-order valence-corrected chi connectivity index (χ1v) is 8.07. The lowest BCUT2D eigenvalue weighted by Crippen LogP contribution is -2.47. The highest BCUT2D eigenvalue weighted by Crippen LogP contribution is 2.33. The van der Waals surface area contributed by atoms with Gasteiger partial charge in [0, 0.05) is 10.4 Å². The molecule has 1 heterocycles. The molecule has 1 unspecified atom stereocenters. The number of hydrogen-bond donors (Lipinski definition) is 2. The van der Waals surface area contributed by atoms with Crippen LogP contribution in [-0.2, 0) is 4.79 Å². The van der Waals surface area contributed by atoms with Crippen LogP contribution < -0.4 is 10.6 Å². The first kappa shape index (κ1) is 16.3. The normalized spacial score (nSPS) is 20.9. The molecule has 0 saturated carbocycles. The van der Waals surface area contributed by atoms with Gasteiger partial charge in [-0.3, -0.25) is 4.79 Å². The van der Waals surface area contributed by atoms with Crippen molar-refractivity contribution >= 4 is 17.5 Å². The van der Waals surface area contributed by atoms with Gasteiger partial charge in [0.25, 0.3) is 0 Å². The first-order valence-electron chi connectivity index (χ1n) is 7.69. The Morgan fingerprint density at radius 3 is 2.76 bits per heavy atom. The minimum absolute atomic E-state index is 0.0815. The minimum atomic E-state index is -0.372.